The molecule has 0 atom stereocenters. The van der Waals surface area contributed by atoms with Gasteiger partial charge in [-0.1, -0.05) is 25.0 Å². The summed E-state index contributed by atoms with van der Waals surface area (Å²) >= 11 is 0. The standard InChI is InChI=1S/C19H23N3O2/c1-20-18(23)10-5-3-2-4-9-17-21-13-16(22-17)15-8-6-7-14-11-12-24-19(14)15/h6-8,11-13H,2-5,9-10H2,1H3,(H,20,23)(H,21,22). The first-order valence-corrected chi connectivity index (χ1v) is 8.49. The van der Waals surface area contributed by atoms with E-state index in [4.69, 9.17) is 4.42 Å². The summed E-state index contributed by atoms with van der Waals surface area (Å²) in [4.78, 5) is 19.0. The molecule has 1 amide bonds. The molecule has 3 rings (SSSR count). The fourth-order valence-corrected chi connectivity index (χ4v) is 2.89. The van der Waals surface area contributed by atoms with E-state index in [0.717, 1.165) is 60.2 Å². The van der Waals surface area contributed by atoms with Gasteiger partial charge in [-0.05, 0) is 25.0 Å². The van der Waals surface area contributed by atoms with Gasteiger partial charge >= 0.3 is 0 Å². The fraction of sp³-hybridized carbons (Fsp3) is 0.368. The van der Waals surface area contributed by atoms with Crippen molar-refractivity contribution >= 4 is 16.9 Å². The molecule has 0 unspecified atom stereocenters. The highest BCUT2D eigenvalue weighted by atomic mass is 16.3. The number of furan rings is 1. The van der Waals surface area contributed by atoms with Gasteiger partial charge in [0.2, 0.25) is 5.91 Å². The second-order valence-electron chi connectivity index (χ2n) is 5.98. The van der Waals surface area contributed by atoms with E-state index in [9.17, 15) is 4.79 Å². The number of amides is 1. The molecule has 2 heterocycles. The molecule has 0 spiro atoms. The minimum Gasteiger partial charge on any atom is -0.464 e. The van der Waals surface area contributed by atoms with Gasteiger partial charge in [0.1, 0.15) is 11.4 Å². The van der Waals surface area contributed by atoms with Gasteiger partial charge in [-0.15, -0.1) is 0 Å². The quantitative estimate of drug-likeness (QED) is 0.613. The molecule has 5 nitrogen and oxygen atoms in total. The normalized spacial score (nSPS) is 11.0. The molecule has 2 N–H and O–H groups in total. The number of nitrogens with zero attached hydrogens (tertiary/aromatic N) is 1. The lowest BCUT2D eigenvalue weighted by atomic mass is 10.1. The van der Waals surface area contributed by atoms with E-state index in [1.165, 1.54) is 0 Å². The topological polar surface area (TPSA) is 70.9 Å². The van der Waals surface area contributed by atoms with Crippen LogP contribution in [0.4, 0.5) is 0 Å². The van der Waals surface area contributed by atoms with Gasteiger partial charge in [-0.25, -0.2) is 4.98 Å². The Morgan fingerprint density at radius 2 is 2.08 bits per heavy atom. The molecule has 0 fully saturated rings. The molecule has 0 saturated carbocycles. The highest BCUT2D eigenvalue weighted by Crippen LogP contribution is 2.28. The van der Waals surface area contributed by atoms with E-state index in [2.05, 4.69) is 15.3 Å². The number of H-pyrrole nitrogens is 1. The zero-order valence-electron chi connectivity index (χ0n) is 14.0. The van der Waals surface area contributed by atoms with Crippen LogP contribution in [-0.2, 0) is 11.2 Å². The van der Waals surface area contributed by atoms with Crippen molar-refractivity contribution in [2.75, 3.05) is 7.05 Å². The van der Waals surface area contributed by atoms with Crippen LogP contribution in [0, 0.1) is 0 Å². The van der Waals surface area contributed by atoms with Gasteiger partial charge in [0.05, 0.1) is 18.2 Å². The van der Waals surface area contributed by atoms with Crippen molar-refractivity contribution in [3.05, 3.63) is 42.5 Å². The van der Waals surface area contributed by atoms with Crippen LogP contribution in [0.15, 0.2) is 41.1 Å². The van der Waals surface area contributed by atoms with Crippen LogP contribution in [0.5, 0.6) is 0 Å². The maximum Gasteiger partial charge on any atom is 0.219 e. The van der Waals surface area contributed by atoms with Crippen LogP contribution in [0.3, 0.4) is 0 Å². The largest absolute Gasteiger partial charge is 0.464 e. The number of nitrogens with one attached hydrogen (secondary N) is 2. The molecule has 2 aromatic heterocycles. The molecule has 0 saturated heterocycles. The van der Waals surface area contributed by atoms with Crippen molar-refractivity contribution in [3.8, 4) is 11.3 Å². The van der Waals surface area contributed by atoms with Crippen LogP contribution in [0.25, 0.3) is 22.2 Å². The number of aromatic amines is 1. The average Bonchev–Trinajstić information content (AvgIpc) is 3.26. The molecule has 3 aromatic rings. The molecule has 126 valence electrons. The number of carbonyl (C=O) groups excluding carboxylic acids is 1. The molecule has 0 aliphatic heterocycles. The summed E-state index contributed by atoms with van der Waals surface area (Å²) in [6.07, 6.45) is 9.34. The van der Waals surface area contributed by atoms with E-state index in [0.29, 0.717) is 6.42 Å². The Morgan fingerprint density at radius 1 is 1.21 bits per heavy atom. The van der Waals surface area contributed by atoms with E-state index >= 15 is 0 Å². The SMILES string of the molecule is CNC(=O)CCCCCCc1ncc(-c2cccc3ccoc23)[nH]1. The third-order valence-electron chi connectivity index (χ3n) is 4.24. The lowest BCUT2D eigenvalue weighted by Crippen LogP contribution is -2.16. The Morgan fingerprint density at radius 3 is 2.96 bits per heavy atom. The van der Waals surface area contributed by atoms with Gasteiger partial charge in [-0.3, -0.25) is 4.79 Å². The zero-order valence-corrected chi connectivity index (χ0v) is 14.0. The predicted octanol–water partition coefficient (Wildman–Crippen LogP) is 4.06. The average molecular weight is 325 g/mol. The number of rotatable bonds is 8. The van der Waals surface area contributed by atoms with E-state index in [-0.39, 0.29) is 5.91 Å². The van der Waals surface area contributed by atoms with Gasteiger partial charge < -0.3 is 14.7 Å². The van der Waals surface area contributed by atoms with Crippen LogP contribution in [0.1, 0.15) is 37.9 Å². The molecular formula is C19H23N3O2. The Labute approximate surface area is 141 Å². The first-order chi connectivity index (χ1) is 11.8. The lowest BCUT2D eigenvalue weighted by Gasteiger charge is -2.01. The van der Waals surface area contributed by atoms with Crippen molar-refractivity contribution in [2.45, 2.75) is 38.5 Å². The maximum absolute atomic E-state index is 11.1. The Kier molecular flexibility index (Phi) is 5.31. The number of carbonyl (C=O) groups is 1. The molecule has 0 aliphatic rings. The van der Waals surface area contributed by atoms with Crippen LogP contribution in [-0.4, -0.2) is 22.9 Å². The summed E-state index contributed by atoms with van der Waals surface area (Å²) in [6.45, 7) is 0. The highest BCUT2D eigenvalue weighted by Gasteiger charge is 2.09. The minimum absolute atomic E-state index is 0.123. The van der Waals surface area contributed by atoms with Gasteiger partial charge in [0.25, 0.3) is 0 Å². The van der Waals surface area contributed by atoms with Crippen LogP contribution in [0.2, 0.25) is 0 Å². The number of imidazole rings is 1. The predicted molar refractivity (Wildman–Crippen MR) is 94.7 cm³/mol. The number of unbranched alkanes of at least 4 members (excludes halogenated alkanes) is 3. The van der Waals surface area contributed by atoms with Crippen molar-refractivity contribution in [1.82, 2.24) is 15.3 Å². The minimum atomic E-state index is 0.123. The van der Waals surface area contributed by atoms with Crippen molar-refractivity contribution in [3.63, 3.8) is 0 Å². The van der Waals surface area contributed by atoms with Crippen LogP contribution < -0.4 is 5.32 Å². The molecule has 5 heteroatoms. The second-order valence-corrected chi connectivity index (χ2v) is 5.98. The number of para-hydroxylation sites is 1. The summed E-state index contributed by atoms with van der Waals surface area (Å²) in [6, 6.07) is 8.08. The summed E-state index contributed by atoms with van der Waals surface area (Å²) in [5.74, 6) is 1.12. The molecule has 1 aromatic carbocycles. The van der Waals surface area contributed by atoms with Crippen molar-refractivity contribution in [2.24, 2.45) is 0 Å². The van der Waals surface area contributed by atoms with Crippen LogP contribution >= 0.6 is 0 Å². The Bertz CT molecular complexity index is 804. The third kappa shape index (κ3) is 3.85. The van der Waals surface area contributed by atoms with E-state index in [1.807, 2.05) is 30.5 Å². The maximum atomic E-state index is 11.1. The number of hydrogen-bond acceptors (Lipinski definition) is 3. The monoisotopic (exact) mass is 325 g/mol. The number of fused-ring (bicyclic) bond motifs is 1. The third-order valence-corrected chi connectivity index (χ3v) is 4.24. The molecule has 0 radical (unpaired) electrons. The van der Waals surface area contributed by atoms with E-state index < -0.39 is 0 Å². The number of hydrogen-bond donors (Lipinski definition) is 2. The van der Waals surface area contributed by atoms with Crippen molar-refractivity contribution < 1.29 is 9.21 Å². The number of benzene rings is 1. The molecule has 24 heavy (non-hydrogen) atoms. The van der Waals surface area contributed by atoms with E-state index in [1.54, 1.807) is 13.3 Å². The fourth-order valence-electron chi connectivity index (χ4n) is 2.89. The first kappa shape index (κ1) is 16.3. The summed E-state index contributed by atoms with van der Waals surface area (Å²) in [7, 11) is 1.68. The van der Waals surface area contributed by atoms with Gasteiger partial charge in [0.15, 0.2) is 0 Å². The highest BCUT2D eigenvalue weighted by molar-refractivity contribution is 5.91. The first-order valence-electron chi connectivity index (χ1n) is 8.49. The molecule has 0 aliphatic carbocycles. The Balaban J connectivity index is 1.51. The van der Waals surface area contributed by atoms with Gasteiger partial charge in [-0.2, -0.15) is 0 Å². The number of aromatic nitrogens is 2. The summed E-state index contributed by atoms with van der Waals surface area (Å²) < 4.78 is 5.59. The lowest BCUT2D eigenvalue weighted by molar-refractivity contribution is -0.120. The zero-order chi connectivity index (χ0) is 16.8. The summed E-state index contributed by atoms with van der Waals surface area (Å²) in [5.41, 5.74) is 2.92. The second kappa shape index (κ2) is 7.81. The van der Waals surface area contributed by atoms with Gasteiger partial charge in [0, 0.05) is 30.8 Å². The number of aryl methyl sites for hydroxylation is 1. The molecule has 0 bridgehead atoms. The smallest absolute Gasteiger partial charge is 0.219 e. The van der Waals surface area contributed by atoms with Crippen molar-refractivity contribution in [1.29, 1.82) is 0 Å². The Hall–Kier alpha value is -2.56. The molecular weight excluding hydrogens is 302 g/mol. The summed E-state index contributed by atoms with van der Waals surface area (Å²) in [5, 5.41) is 3.75.